The quantitative estimate of drug-likeness (QED) is 0.229. The Kier molecular flexibility index (Phi) is 11.8. The number of hydrogen-bond donors (Lipinski definition) is 0. The first-order valence-corrected chi connectivity index (χ1v) is 16.9. The Hall–Kier alpha value is -3.84. The molecule has 0 unspecified atom stereocenters. The summed E-state index contributed by atoms with van der Waals surface area (Å²) in [6, 6.07) is 11.4. The maximum Gasteiger partial charge on any atom is 0.422 e. The third-order valence-electron chi connectivity index (χ3n) is 11.3. The van der Waals surface area contributed by atoms with E-state index in [1.54, 1.807) is 6.20 Å². The molecule has 0 aliphatic carbocycles. The molecule has 0 bridgehead atoms. The Labute approximate surface area is 290 Å². The second-order valence-electron chi connectivity index (χ2n) is 14.9. The van der Waals surface area contributed by atoms with Crippen molar-refractivity contribution in [3.63, 3.8) is 0 Å². The molecule has 3 heterocycles. The third kappa shape index (κ3) is 9.08. The molecule has 0 N–H and O–H groups in total. The Morgan fingerprint density at radius 3 is 2.04 bits per heavy atom. The predicted octanol–water partition coefficient (Wildman–Crippen LogP) is 9.18. The van der Waals surface area contributed by atoms with Crippen LogP contribution in [0.5, 0.6) is 0 Å². The zero-order valence-corrected chi connectivity index (χ0v) is 29.1. The van der Waals surface area contributed by atoms with Crippen molar-refractivity contribution < 1.29 is 35.9 Å². The second kappa shape index (κ2) is 15.2. The number of carbonyl (C=O) groups excluding carboxylic acids is 1. The number of nitriles is 2. The van der Waals surface area contributed by atoms with Gasteiger partial charge in [-0.3, -0.25) is 9.88 Å². The minimum absolute atomic E-state index is 0.0432. The Morgan fingerprint density at radius 1 is 0.920 bits per heavy atom. The smallest absolute Gasteiger partial charge is 0.422 e. The van der Waals surface area contributed by atoms with E-state index < -0.39 is 41.4 Å². The third-order valence-corrected chi connectivity index (χ3v) is 11.3. The van der Waals surface area contributed by atoms with Crippen LogP contribution in [-0.4, -0.2) is 59.8 Å². The SMILES string of the molecule is CC(C)C1(CC#N)CCN(Cc2cnc(-c3ccc(C(F)(F)F)cc3)cc2CC(C)(C)C2(CC#N)CCN(C(=O)OCC(F)(F)F)CC2)CC1. The number of carbonyl (C=O) groups is 1. The monoisotopic (exact) mass is 705 g/mol. The number of halogens is 6. The molecule has 2 fully saturated rings. The van der Waals surface area contributed by atoms with E-state index in [9.17, 15) is 41.7 Å². The van der Waals surface area contributed by atoms with E-state index in [4.69, 9.17) is 0 Å². The number of piperidine rings is 2. The van der Waals surface area contributed by atoms with Crippen molar-refractivity contribution in [1.82, 2.24) is 14.8 Å². The van der Waals surface area contributed by atoms with Crippen LogP contribution in [-0.2, 0) is 23.9 Å². The molecule has 272 valence electrons. The molecular formula is C37H45F6N5O2. The molecule has 2 saturated heterocycles. The fraction of sp³-hybridized carbons (Fsp3) is 0.622. The van der Waals surface area contributed by atoms with Gasteiger partial charge in [0.05, 0.1) is 23.4 Å². The Morgan fingerprint density at radius 2 is 1.52 bits per heavy atom. The molecule has 2 aliphatic rings. The second-order valence-corrected chi connectivity index (χ2v) is 14.9. The fourth-order valence-corrected chi connectivity index (χ4v) is 7.59. The Bertz CT molecular complexity index is 1560. The van der Waals surface area contributed by atoms with E-state index in [0.29, 0.717) is 49.4 Å². The van der Waals surface area contributed by atoms with Crippen molar-refractivity contribution in [1.29, 1.82) is 10.5 Å². The molecule has 13 heteroatoms. The van der Waals surface area contributed by atoms with Crippen molar-refractivity contribution in [3.05, 3.63) is 53.2 Å². The molecule has 0 atom stereocenters. The number of pyridine rings is 1. The number of aromatic nitrogens is 1. The highest BCUT2D eigenvalue weighted by molar-refractivity contribution is 5.67. The lowest BCUT2D eigenvalue weighted by Gasteiger charge is -2.50. The standard InChI is InChI=1S/C37H45F6N5O2/c1-26(2)34(9-15-44)11-17-47(18-12-34)24-29-23-46-31(27-5-7-30(8-6-27)37(41,42)43)21-28(29)22-33(3,4)35(10-16-45)13-19-48(20-14-35)32(49)50-25-36(38,39)40/h5-8,21,23,26H,9-14,17-20,22,24-25H2,1-4H3. The summed E-state index contributed by atoms with van der Waals surface area (Å²) in [4.78, 5) is 20.7. The molecule has 7 nitrogen and oxygen atoms in total. The molecule has 0 radical (unpaired) electrons. The van der Waals surface area contributed by atoms with E-state index in [1.807, 2.05) is 19.9 Å². The summed E-state index contributed by atoms with van der Waals surface area (Å²) >= 11 is 0. The van der Waals surface area contributed by atoms with E-state index in [-0.39, 0.29) is 24.9 Å². The van der Waals surface area contributed by atoms with Crippen molar-refractivity contribution >= 4 is 6.09 Å². The molecular weight excluding hydrogens is 660 g/mol. The minimum atomic E-state index is -4.64. The summed E-state index contributed by atoms with van der Waals surface area (Å²) < 4.78 is 82.3. The van der Waals surface area contributed by atoms with Crippen LogP contribution in [0.15, 0.2) is 36.5 Å². The molecule has 1 amide bonds. The maximum atomic E-state index is 13.3. The predicted molar refractivity (Wildman–Crippen MR) is 175 cm³/mol. The van der Waals surface area contributed by atoms with Crippen LogP contribution >= 0.6 is 0 Å². The van der Waals surface area contributed by atoms with Crippen LogP contribution in [0.4, 0.5) is 31.1 Å². The minimum Gasteiger partial charge on any atom is -0.440 e. The van der Waals surface area contributed by atoms with Gasteiger partial charge in [-0.1, -0.05) is 39.8 Å². The summed E-state index contributed by atoms with van der Waals surface area (Å²) in [6.07, 6.45) is -4.72. The largest absolute Gasteiger partial charge is 0.440 e. The maximum absolute atomic E-state index is 13.3. The van der Waals surface area contributed by atoms with Gasteiger partial charge in [-0.05, 0) is 96.7 Å². The van der Waals surface area contributed by atoms with Crippen molar-refractivity contribution in [3.8, 4) is 23.4 Å². The van der Waals surface area contributed by atoms with Crippen LogP contribution in [0.3, 0.4) is 0 Å². The number of nitrogens with zero attached hydrogens (tertiary/aromatic N) is 5. The number of likely N-dealkylation sites (tertiary alicyclic amines) is 2. The molecule has 4 rings (SSSR count). The van der Waals surface area contributed by atoms with Gasteiger partial charge in [-0.25, -0.2) is 4.79 Å². The topological polar surface area (TPSA) is 93.3 Å². The number of amides is 1. The zero-order valence-electron chi connectivity index (χ0n) is 29.1. The normalized spacial score (nSPS) is 18.4. The highest BCUT2D eigenvalue weighted by Crippen LogP contribution is 2.52. The highest BCUT2D eigenvalue weighted by Gasteiger charge is 2.48. The highest BCUT2D eigenvalue weighted by atomic mass is 19.4. The van der Waals surface area contributed by atoms with Gasteiger partial charge in [0.25, 0.3) is 0 Å². The first-order chi connectivity index (χ1) is 23.3. The lowest BCUT2D eigenvalue weighted by Crippen LogP contribution is -2.50. The van der Waals surface area contributed by atoms with Crippen molar-refractivity contribution in [2.75, 3.05) is 32.8 Å². The number of rotatable bonds is 10. The number of hydrogen-bond acceptors (Lipinski definition) is 6. The summed E-state index contributed by atoms with van der Waals surface area (Å²) in [5, 5.41) is 19.4. The number of alkyl halides is 6. The van der Waals surface area contributed by atoms with Crippen LogP contribution in [0.2, 0.25) is 0 Å². The first-order valence-electron chi connectivity index (χ1n) is 16.9. The van der Waals surface area contributed by atoms with E-state index >= 15 is 0 Å². The van der Waals surface area contributed by atoms with Gasteiger partial charge in [0.2, 0.25) is 0 Å². The van der Waals surface area contributed by atoms with Crippen molar-refractivity contribution in [2.24, 2.45) is 22.2 Å². The van der Waals surface area contributed by atoms with Crippen LogP contribution in [0.1, 0.15) is 82.9 Å². The van der Waals surface area contributed by atoms with Gasteiger partial charge in [0.15, 0.2) is 6.61 Å². The van der Waals surface area contributed by atoms with Gasteiger partial charge in [0, 0.05) is 44.2 Å². The van der Waals surface area contributed by atoms with E-state index in [2.05, 4.69) is 40.6 Å². The summed E-state index contributed by atoms with van der Waals surface area (Å²) in [6.45, 7) is 9.17. The van der Waals surface area contributed by atoms with E-state index in [0.717, 1.165) is 49.2 Å². The lowest BCUT2D eigenvalue weighted by atomic mass is 9.57. The van der Waals surface area contributed by atoms with Crippen LogP contribution < -0.4 is 0 Å². The van der Waals surface area contributed by atoms with Gasteiger partial charge >= 0.3 is 18.4 Å². The average Bonchev–Trinajstić information content (AvgIpc) is 3.05. The van der Waals surface area contributed by atoms with Crippen molar-refractivity contribution in [2.45, 2.75) is 91.5 Å². The van der Waals surface area contributed by atoms with Gasteiger partial charge in [-0.15, -0.1) is 0 Å². The fourth-order valence-electron chi connectivity index (χ4n) is 7.59. The molecule has 1 aromatic carbocycles. The average molecular weight is 706 g/mol. The van der Waals surface area contributed by atoms with Crippen LogP contribution in [0, 0.1) is 44.8 Å². The first kappa shape index (κ1) is 39.0. The van der Waals surface area contributed by atoms with E-state index in [1.165, 1.54) is 17.0 Å². The summed E-state index contributed by atoms with van der Waals surface area (Å²) in [7, 11) is 0. The molecule has 1 aromatic heterocycles. The summed E-state index contributed by atoms with van der Waals surface area (Å²) in [5.74, 6) is 0.361. The van der Waals surface area contributed by atoms with Gasteiger partial charge in [0.1, 0.15) is 0 Å². The van der Waals surface area contributed by atoms with Gasteiger partial charge in [-0.2, -0.15) is 36.9 Å². The van der Waals surface area contributed by atoms with Crippen LogP contribution in [0.25, 0.3) is 11.3 Å². The van der Waals surface area contributed by atoms with Gasteiger partial charge < -0.3 is 9.64 Å². The zero-order chi connectivity index (χ0) is 37.0. The number of benzene rings is 1. The molecule has 0 saturated carbocycles. The molecule has 0 spiro atoms. The molecule has 50 heavy (non-hydrogen) atoms. The number of ether oxygens (including phenoxy) is 1. The molecule has 2 aromatic rings. The molecule has 2 aliphatic heterocycles. The summed E-state index contributed by atoms with van der Waals surface area (Å²) in [5.41, 5.74) is 0.988. The Balaban J connectivity index is 1.62. The lowest BCUT2D eigenvalue weighted by molar-refractivity contribution is -0.163.